The van der Waals surface area contributed by atoms with Crippen molar-refractivity contribution in [1.29, 1.82) is 0 Å². The molecule has 3 amide bonds. The fourth-order valence-corrected chi connectivity index (χ4v) is 4.89. The lowest BCUT2D eigenvalue weighted by atomic mass is 9.96. The Hall–Kier alpha value is -4.06. The minimum absolute atomic E-state index is 0.141. The molecule has 12 heteroatoms. The summed E-state index contributed by atoms with van der Waals surface area (Å²) in [5.74, 6) is -2.59. The summed E-state index contributed by atoms with van der Waals surface area (Å²) in [6.07, 6.45) is 4.60. The molecule has 0 spiro atoms. The first-order valence-electron chi connectivity index (χ1n) is 14.5. The topological polar surface area (TPSA) is 169 Å². The summed E-state index contributed by atoms with van der Waals surface area (Å²) in [6, 6.07) is 5.08. The largest absolute Gasteiger partial charge is 0.467 e. The molecule has 0 radical (unpaired) electrons. The van der Waals surface area contributed by atoms with Crippen LogP contribution in [0.15, 0.2) is 42.5 Å². The van der Waals surface area contributed by atoms with Gasteiger partial charge in [0, 0.05) is 13.0 Å². The van der Waals surface area contributed by atoms with E-state index < -0.39 is 59.9 Å². The van der Waals surface area contributed by atoms with Crippen LogP contribution in [0.2, 0.25) is 0 Å². The van der Waals surface area contributed by atoms with Crippen LogP contribution in [-0.4, -0.2) is 79.9 Å². The number of methoxy groups -OCH3 is 2. The second kappa shape index (κ2) is 17.8. The van der Waals surface area contributed by atoms with E-state index in [0.717, 1.165) is 5.56 Å². The smallest absolute Gasteiger partial charge is 0.330 e. The molecule has 4 N–H and O–H groups in total. The fraction of sp³-hybridized carbons (Fsp3) is 0.548. The van der Waals surface area contributed by atoms with E-state index in [9.17, 15) is 28.8 Å². The van der Waals surface area contributed by atoms with Crippen LogP contribution >= 0.6 is 0 Å². The quantitative estimate of drug-likeness (QED) is 0.160. The number of ether oxygens (including phenoxy) is 2. The normalized spacial score (nSPS) is 18.4. The van der Waals surface area contributed by atoms with E-state index in [4.69, 9.17) is 4.74 Å². The standard InChI is InChI=1S/C31H44N4O8/c1-19(2)17-26(31(41)43-5)35-30(40)24-16-15-22(33-24)28(38)25(18-21-11-7-6-8-12-21)34-29(39)23(32-20(3)36)13-9-10-14-27(37)42-4/h6-8,10-12,14,19,22-26,33H,9,13,15-18H2,1-5H3,(H,32,36)(H,34,39)(H,35,40)/b14-10+/t22?,23-,24-,25?,26-/m0/s1. The van der Waals surface area contributed by atoms with Crippen LogP contribution < -0.4 is 21.3 Å². The van der Waals surface area contributed by atoms with E-state index in [0.29, 0.717) is 25.7 Å². The summed E-state index contributed by atoms with van der Waals surface area (Å²) in [7, 11) is 2.52. The highest BCUT2D eigenvalue weighted by Crippen LogP contribution is 2.18. The fourth-order valence-electron chi connectivity index (χ4n) is 4.89. The zero-order chi connectivity index (χ0) is 31.9. The van der Waals surface area contributed by atoms with Crippen LogP contribution in [0.5, 0.6) is 0 Å². The average Bonchev–Trinajstić information content (AvgIpc) is 3.47. The van der Waals surface area contributed by atoms with Crippen LogP contribution in [0, 0.1) is 5.92 Å². The molecular formula is C31H44N4O8. The van der Waals surface area contributed by atoms with Crippen molar-refractivity contribution in [1.82, 2.24) is 21.3 Å². The van der Waals surface area contributed by atoms with Crippen molar-refractivity contribution < 1.29 is 38.2 Å². The molecule has 236 valence electrons. The molecule has 0 aliphatic carbocycles. The molecule has 1 saturated heterocycles. The number of esters is 2. The van der Waals surface area contributed by atoms with Crippen molar-refractivity contribution in [3.8, 4) is 0 Å². The summed E-state index contributed by atoms with van der Waals surface area (Å²) in [6.45, 7) is 5.15. The number of rotatable bonds is 16. The van der Waals surface area contributed by atoms with E-state index in [2.05, 4.69) is 26.0 Å². The third-order valence-electron chi connectivity index (χ3n) is 7.03. The Morgan fingerprint density at radius 3 is 2.19 bits per heavy atom. The van der Waals surface area contributed by atoms with Gasteiger partial charge in [0.2, 0.25) is 17.7 Å². The van der Waals surface area contributed by atoms with Gasteiger partial charge in [0.25, 0.3) is 0 Å². The molecule has 2 unspecified atom stereocenters. The van der Waals surface area contributed by atoms with Crippen molar-refractivity contribution in [3.63, 3.8) is 0 Å². The van der Waals surface area contributed by atoms with Gasteiger partial charge in [-0.05, 0) is 50.0 Å². The number of nitrogens with one attached hydrogen (secondary N) is 4. The Balaban J connectivity index is 2.16. The predicted molar refractivity (Wildman–Crippen MR) is 158 cm³/mol. The van der Waals surface area contributed by atoms with Gasteiger partial charge in [-0.3, -0.25) is 24.5 Å². The van der Waals surface area contributed by atoms with Gasteiger partial charge in [-0.25, -0.2) is 9.59 Å². The first kappa shape index (κ1) is 35.1. The molecule has 0 saturated carbocycles. The number of allylic oxidation sites excluding steroid dienone is 1. The van der Waals surface area contributed by atoms with E-state index >= 15 is 0 Å². The molecule has 2 rings (SSSR count). The van der Waals surface area contributed by atoms with Gasteiger partial charge in [0.05, 0.1) is 32.3 Å². The molecule has 1 aliphatic rings. The van der Waals surface area contributed by atoms with Gasteiger partial charge in [-0.2, -0.15) is 0 Å². The second-order valence-corrected chi connectivity index (χ2v) is 11.0. The maximum Gasteiger partial charge on any atom is 0.330 e. The van der Waals surface area contributed by atoms with Crippen molar-refractivity contribution in [2.45, 2.75) is 89.5 Å². The molecule has 43 heavy (non-hydrogen) atoms. The number of Topliss-reactive ketones (excluding diaryl/α,β-unsaturated/α-hetero) is 1. The molecule has 1 heterocycles. The molecule has 1 aromatic rings. The highest BCUT2D eigenvalue weighted by Gasteiger charge is 2.38. The van der Waals surface area contributed by atoms with E-state index in [-0.39, 0.29) is 24.5 Å². The molecule has 12 nitrogen and oxygen atoms in total. The van der Waals surface area contributed by atoms with Gasteiger partial charge in [-0.15, -0.1) is 0 Å². The van der Waals surface area contributed by atoms with Crippen LogP contribution in [0.3, 0.4) is 0 Å². The summed E-state index contributed by atoms with van der Waals surface area (Å²) in [5, 5.41) is 11.2. The molecule has 5 atom stereocenters. The van der Waals surface area contributed by atoms with Crippen LogP contribution in [0.1, 0.15) is 58.4 Å². The minimum Gasteiger partial charge on any atom is -0.467 e. The SMILES string of the molecule is COC(=O)/C=C/CC[C@H](NC(C)=O)C(=O)NC(Cc1ccccc1)C(=O)C1CC[C@@H](C(=O)N[C@@H](CC(C)C)C(=O)OC)N1. The minimum atomic E-state index is -0.947. The zero-order valence-corrected chi connectivity index (χ0v) is 25.5. The molecule has 1 aliphatic heterocycles. The van der Waals surface area contributed by atoms with Gasteiger partial charge >= 0.3 is 11.9 Å². The first-order valence-corrected chi connectivity index (χ1v) is 14.5. The highest BCUT2D eigenvalue weighted by molar-refractivity contribution is 5.96. The van der Waals surface area contributed by atoms with E-state index in [1.54, 1.807) is 6.08 Å². The lowest BCUT2D eigenvalue weighted by Crippen LogP contribution is -2.56. The summed E-state index contributed by atoms with van der Waals surface area (Å²) < 4.78 is 9.39. The number of hydrogen-bond acceptors (Lipinski definition) is 9. The van der Waals surface area contributed by atoms with Gasteiger partial charge in [0.15, 0.2) is 5.78 Å². The molecule has 0 aromatic heterocycles. The Morgan fingerprint density at radius 1 is 0.907 bits per heavy atom. The monoisotopic (exact) mass is 600 g/mol. The summed E-state index contributed by atoms with van der Waals surface area (Å²) in [4.78, 5) is 75.5. The van der Waals surface area contributed by atoms with Crippen molar-refractivity contribution in [3.05, 3.63) is 48.0 Å². The van der Waals surface area contributed by atoms with Crippen LogP contribution in [-0.2, 0) is 44.7 Å². The summed E-state index contributed by atoms with van der Waals surface area (Å²) in [5.41, 5.74) is 0.820. The summed E-state index contributed by atoms with van der Waals surface area (Å²) >= 11 is 0. The van der Waals surface area contributed by atoms with Gasteiger partial charge < -0.3 is 25.4 Å². The van der Waals surface area contributed by atoms with Crippen LogP contribution in [0.4, 0.5) is 0 Å². The molecular weight excluding hydrogens is 556 g/mol. The third-order valence-corrected chi connectivity index (χ3v) is 7.03. The lowest BCUT2D eigenvalue weighted by Gasteiger charge is -2.25. The van der Waals surface area contributed by atoms with Crippen molar-refractivity contribution in [2.24, 2.45) is 5.92 Å². The van der Waals surface area contributed by atoms with Crippen molar-refractivity contribution in [2.75, 3.05) is 14.2 Å². The average molecular weight is 601 g/mol. The Morgan fingerprint density at radius 2 is 1.58 bits per heavy atom. The Labute approximate surface area is 252 Å². The number of carbonyl (C=O) groups is 6. The Kier molecular flexibility index (Phi) is 14.5. The molecule has 1 fully saturated rings. The number of hydrogen-bond donors (Lipinski definition) is 4. The van der Waals surface area contributed by atoms with E-state index in [1.165, 1.54) is 27.2 Å². The second-order valence-electron chi connectivity index (χ2n) is 11.0. The zero-order valence-electron chi connectivity index (χ0n) is 25.5. The Bertz CT molecular complexity index is 1150. The van der Waals surface area contributed by atoms with Crippen LogP contribution in [0.25, 0.3) is 0 Å². The van der Waals surface area contributed by atoms with Gasteiger partial charge in [0.1, 0.15) is 12.1 Å². The van der Waals surface area contributed by atoms with Gasteiger partial charge in [-0.1, -0.05) is 50.3 Å². The van der Waals surface area contributed by atoms with Crippen molar-refractivity contribution >= 4 is 35.4 Å². The predicted octanol–water partition coefficient (Wildman–Crippen LogP) is 1.12. The number of benzene rings is 1. The highest BCUT2D eigenvalue weighted by atomic mass is 16.5. The molecule has 0 bridgehead atoms. The molecule has 1 aromatic carbocycles. The number of ketones is 1. The lowest BCUT2D eigenvalue weighted by molar-refractivity contribution is -0.145. The maximum absolute atomic E-state index is 13.8. The number of amides is 3. The third kappa shape index (κ3) is 12.0. The first-order chi connectivity index (χ1) is 20.4. The van der Waals surface area contributed by atoms with E-state index in [1.807, 2.05) is 44.2 Å². The number of carbonyl (C=O) groups excluding carboxylic acids is 6. The maximum atomic E-state index is 13.8.